The van der Waals surface area contributed by atoms with Crippen molar-refractivity contribution >= 4 is 0 Å². The second-order valence-electron chi connectivity index (χ2n) is 21.7. The highest BCUT2D eigenvalue weighted by atomic mass is 14.4. The molecule has 0 bridgehead atoms. The molecule has 66 heavy (non-hydrogen) atoms. The summed E-state index contributed by atoms with van der Waals surface area (Å²) < 4.78 is 0. The molecular weight excluding hydrogens is 793 g/mol. The first-order chi connectivity index (χ1) is 31.7. The Morgan fingerprint density at radius 3 is 0.606 bits per heavy atom. The minimum Gasteiger partial charge on any atom is -0.0619 e. The fourth-order valence-corrected chi connectivity index (χ4v) is 13.0. The van der Waals surface area contributed by atoms with Crippen LogP contribution in [-0.2, 0) is 21.7 Å². The molecule has 0 nitrogen and oxygen atoms in total. The van der Waals surface area contributed by atoms with E-state index < -0.39 is 0 Å². The Morgan fingerprint density at radius 1 is 0.182 bits per heavy atom. The SMILES string of the molecule is CC1(C)c2ccccc2-c2ccc(-c3cc(-c4ccc5c(c4)C(C)(C)c4ccccc4-5)c(-c4ccc5c(c4)C(C)(C)c4ccccc4-5)cc3-c3ccc4c(c3)C(C)(C)c3ccccc3-4)cc21. The summed E-state index contributed by atoms with van der Waals surface area (Å²) in [5.41, 5.74) is 31.5. The van der Waals surface area contributed by atoms with Gasteiger partial charge in [-0.15, -0.1) is 0 Å². The minimum atomic E-state index is -0.121. The summed E-state index contributed by atoms with van der Waals surface area (Å²) in [7, 11) is 0. The van der Waals surface area contributed by atoms with Gasteiger partial charge in [-0.3, -0.25) is 0 Å². The van der Waals surface area contributed by atoms with Crippen LogP contribution in [-0.4, -0.2) is 0 Å². The van der Waals surface area contributed by atoms with Crippen molar-refractivity contribution in [1.82, 2.24) is 0 Å². The highest BCUT2D eigenvalue weighted by molar-refractivity contribution is 5.99. The van der Waals surface area contributed by atoms with Crippen molar-refractivity contribution in [3.05, 3.63) is 226 Å². The number of fused-ring (bicyclic) bond motifs is 12. The lowest BCUT2D eigenvalue weighted by Gasteiger charge is -2.25. The zero-order valence-electron chi connectivity index (χ0n) is 39.3. The van der Waals surface area contributed by atoms with Crippen LogP contribution < -0.4 is 0 Å². The van der Waals surface area contributed by atoms with Crippen molar-refractivity contribution in [3.63, 3.8) is 0 Å². The predicted molar refractivity (Wildman–Crippen MR) is 278 cm³/mol. The molecular formula is C66H54. The molecule has 0 heteroatoms. The largest absolute Gasteiger partial charge is 0.0619 e. The number of benzene rings is 9. The van der Waals surface area contributed by atoms with Gasteiger partial charge in [0.15, 0.2) is 0 Å². The van der Waals surface area contributed by atoms with E-state index in [1.54, 1.807) is 0 Å². The van der Waals surface area contributed by atoms with Gasteiger partial charge in [-0.05, 0) is 170 Å². The normalized spacial score (nSPS) is 16.4. The second-order valence-corrected chi connectivity index (χ2v) is 21.7. The summed E-state index contributed by atoms with van der Waals surface area (Å²) in [6.07, 6.45) is 0. The Bertz CT molecular complexity index is 3110. The molecule has 0 amide bonds. The summed E-state index contributed by atoms with van der Waals surface area (Å²) in [6.45, 7) is 19.2. The molecule has 0 saturated carbocycles. The first-order valence-electron chi connectivity index (χ1n) is 23.9. The van der Waals surface area contributed by atoms with Crippen molar-refractivity contribution in [2.24, 2.45) is 0 Å². The molecule has 4 aliphatic carbocycles. The third-order valence-corrected chi connectivity index (χ3v) is 16.7. The average molecular weight is 847 g/mol. The molecule has 0 aromatic heterocycles. The van der Waals surface area contributed by atoms with E-state index in [1.807, 2.05) is 0 Å². The Hall–Kier alpha value is -7.02. The molecule has 318 valence electrons. The van der Waals surface area contributed by atoms with E-state index >= 15 is 0 Å². The van der Waals surface area contributed by atoms with E-state index in [2.05, 4.69) is 237 Å². The monoisotopic (exact) mass is 846 g/mol. The van der Waals surface area contributed by atoms with Gasteiger partial charge in [0.05, 0.1) is 0 Å². The Balaban J connectivity index is 1.09. The van der Waals surface area contributed by atoms with Gasteiger partial charge >= 0.3 is 0 Å². The predicted octanol–water partition coefficient (Wildman–Crippen LogP) is 17.6. The van der Waals surface area contributed by atoms with Crippen LogP contribution in [0.4, 0.5) is 0 Å². The summed E-state index contributed by atoms with van der Waals surface area (Å²) in [6, 6.07) is 70.3. The van der Waals surface area contributed by atoms with Crippen LogP contribution >= 0.6 is 0 Å². The lowest BCUT2D eigenvalue weighted by Crippen LogP contribution is -2.15. The van der Waals surface area contributed by atoms with Gasteiger partial charge in [-0.1, -0.05) is 201 Å². The van der Waals surface area contributed by atoms with E-state index in [1.165, 1.54) is 134 Å². The first-order valence-corrected chi connectivity index (χ1v) is 23.9. The number of hydrogen-bond donors (Lipinski definition) is 0. The van der Waals surface area contributed by atoms with Gasteiger partial charge in [0.2, 0.25) is 0 Å². The van der Waals surface area contributed by atoms with Crippen molar-refractivity contribution in [2.75, 3.05) is 0 Å². The van der Waals surface area contributed by atoms with Gasteiger partial charge in [0.25, 0.3) is 0 Å². The van der Waals surface area contributed by atoms with Gasteiger partial charge in [-0.2, -0.15) is 0 Å². The smallest absolute Gasteiger partial charge is 0.0159 e. The molecule has 0 fully saturated rings. The maximum absolute atomic E-state index is 2.55. The second kappa shape index (κ2) is 13.3. The molecule has 0 saturated heterocycles. The van der Waals surface area contributed by atoms with Crippen molar-refractivity contribution in [2.45, 2.75) is 77.0 Å². The zero-order valence-corrected chi connectivity index (χ0v) is 39.3. The van der Waals surface area contributed by atoms with E-state index in [0.717, 1.165) is 0 Å². The van der Waals surface area contributed by atoms with Crippen LogP contribution in [0.15, 0.2) is 182 Å². The summed E-state index contributed by atoms with van der Waals surface area (Å²) in [5, 5.41) is 0. The Morgan fingerprint density at radius 2 is 0.379 bits per heavy atom. The van der Waals surface area contributed by atoms with Crippen LogP contribution in [0.1, 0.15) is 99.9 Å². The topological polar surface area (TPSA) is 0 Å². The molecule has 13 rings (SSSR count). The summed E-state index contributed by atoms with van der Waals surface area (Å²) in [4.78, 5) is 0. The lowest BCUT2D eigenvalue weighted by molar-refractivity contribution is 0.660. The third kappa shape index (κ3) is 5.22. The third-order valence-electron chi connectivity index (χ3n) is 16.7. The van der Waals surface area contributed by atoms with Crippen LogP contribution in [0, 0.1) is 0 Å². The maximum atomic E-state index is 2.55. The number of rotatable bonds is 4. The Kier molecular flexibility index (Phi) is 7.93. The highest BCUT2D eigenvalue weighted by Gasteiger charge is 2.39. The van der Waals surface area contributed by atoms with Gasteiger partial charge in [0, 0.05) is 21.7 Å². The van der Waals surface area contributed by atoms with E-state index in [9.17, 15) is 0 Å². The average Bonchev–Trinajstić information content (AvgIpc) is 3.91. The van der Waals surface area contributed by atoms with Crippen molar-refractivity contribution < 1.29 is 0 Å². The van der Waals surface area contributed by atoms with E-state index in [-0.39, 0.29) is 21.7 Å². The molecule has 0 spiro atoms. The quantitative estimate of drug-likeness (QED) is 0.166. The summed E-state index contributed by atoms with van der Waals surface area (Å²) in [5.74, 6) is 0. The van der Waals surface area contributed by atoms with Crippen LogP contribution in [0.25, 0.3) is 89.0 Å². The van der Waals surface area contributed by atoms with E-state index in [4.69, 9.17) is 0 Å². The molecule has 4 aliphatic rings. The van der Waals surface area contributed by atoms with Gasteiger partial charge in [0.1, 0.15) is 0 Å². The molecule has 0 radical (unpaired) electrons. The molecule has 0 unspecified atom stereocenters. The van der Waals surface area contributed by atoms with Crippen molar-refractivity contribution in [3.8, 4) is 89.0 Å². The first kappa shape index (κ1) is 39.4. The van der Waals surface area contributed by atoms with Crippen molar-refractivity contribution in [1.29, 1.82) is 0 Å². The molecule has 0 atom stereocenters. The maximum Gasteiger partial charge on any atom is 0.0159 e. The zero-order chi connectivity index (χ0) is 45.1. The molecule has 0 N–H and O–H groups in total. The van der Waals surface area contributed by atoms with Gasteiger partial charge in [-0.25, -0.2) is 0 Å². The van der Waals surface area contributed by atoms with E-state index in [0.29, 0.717) is 0 Å². The molecule has 0 aliphatic heterocycles. The van der Waals surface area contributed by atoms with Crippen LogP contribution in [0.5, 0.6) is 0 Å². The fraction of sp³-hybridized carbons (Fsp3) is 0.182. The molecule has 9 aromatic carbocycles. The Labute approximate surface area is 390 Å². The highest BCUT2D eigenvalue weighted by Crippen LogP contribution is 2.56. The standard InChI is InChI=1S/C66H54/c1-63(2)55-21-13-9-17-43(55)47-29-25-39(33-59(47)63)51-37-53(41-27-31-49-45-19-11-15-23-57(45)65(5,6)61(49)35-41)54(42-28-32-50-46-20-12-16-24-58(46)66(7,8)62(50)36-42)38-52(51)40-26-30-48-44-18-10-14-22-56(44)64(3,4)60(48)34-40/h9-38H,1-8H3. The minimum absolute atomic E-state index is 0.121. The fourth-order valence-electron chi connectivity index (χ4n) is 13.0. The van der Waals surface area contributed by atoms with Gasteiger partial charge < -0.3 is 0 Å². The van der Waals surface area contributed by atoms with Crippen LogP contribution in [0.3, 0.4) is 0 Å². The lowest BCUT2D eigenvalue weighted by atomic mass is 9.78. The van der Waals surface area contributed by atoms with Crippen LogP contribution in [0.2, 0.25) is 0 Å². The molecule has 9 aromatic rings. The summed E-state index contributed by atoms with van der Waals surface area (Å²) >= 11 is 0. The molecule has 0 heterocycles. The number of hydrogen-bond acceptors (Lipinski definition) is 0.